The van der Waals surface area contributed by atoms with Crippen molar-refractivity contribution in [1.29, 1.82) is 0 Å². The summed E-state index contributed by atoms with van der Waals surface area (Å²) < 4.78 is 11.1. The van der Waals surface area contributed by atoms with Gasteiger partial charge in [0.2, 0.25) is 0 Å². The summed E-state index contributed by atoms with van der Waals surface area (Å²) in [4.78, 5) is 26.2. The summed E-state index contributed by atoms with van der Waals surface area (Å²) in [6, 6.07) is 21.3. The minimum atomic E-state index is -0.853. The van der Waals surface area contributed by atoms with Gasteiger partial charge in [0.1, 0.15) is 16.9 Å². The summed E-state index contributed by atoms with van der Waals surface area (Å²) in [5.41, 5.74) is 1.69. The average molecular weight is 409 g/mol. The van der Waals surface area contributed by atoms with E-state index in [0.29, 0.717) is 27.6 Å². The van der Waals surface area contributed by atoms with Gasteiger partial charge < -0.3 is 19.3 Å². The third-order valence-electron chi connectivity index (χ3n) is 5.78. The van der Waals surface area contributed by atoms with Gasteiger partial charge in [0, 0.05) is 11.1 Å². The molecular formula is C25H15NO5. The van der Waals surface area contributed by atoms with Gasteiger partial charge in [0.05, 0.1) is 28.1 Å². The van der Waals surface area contributed by atoms with Crippen molar-refractivity contribution in [2.24, 2.45) is 0 Å². The van der Waals surface area contributed by atoms with Crippen molar-refractivity contribution >= 4 is 33.3 Å². The summed E-state index contributed by atoms with van der Waals surface area (Å²) in [7, 11) is 0. The lowest BCUT2D eigenvalue weighted by atomic mass is 9.81. The number of hydrogen-bond acceptors (Lipinski definition) is 6. The van der Waals surface area contributed by atoms with Crippen molar-refractivity contribution in [2.75, 3.05) is 5.32 Å². The lowest BCUT2D eigenvalue weighted by Gasteiger charge is -2.29. The van der Waals surface area contributed by atoms with E-state index in [2.05, 4.69) is 5.32 Å². The summed E-state index contributed by atoms with van der Waals surface area (Å²) in [6.07, 6.45) is 0. The Morgan fingerprint density at radius 3 is 2.06 bits per heavy atom. The Labute approximate surface area is 175 Å². The highest BCUT2D eigenvalue weighted by molar-refractivity contribution is 5.96. The van der Waals surface area contributed by atoms with Crippen LogP contribution in [-0.2, 0) is 0 Å². The number of hydrogen-bond donors (Lipinski definition) is 2. The first-order chi connectivity index (χ1) is 15.1. The zero-order valence-corrected chi connectivity index (χ0v) is 16.1. The Morgan fingerprint density at radius 2 is 1.29 bits per heavy atom. The van der Waals surface area contributed by atoms with Crippen LogP contribution < -0.4 is 16.6 Å². The maximum Gasteiger partial charge on any atom is 0.344 e. The van der Waals surface area contributed by atoms with Crippen LogP contribution in [0.15, 0.2) is 91.2 Å². The molecule has 6 nitrogen and oxygen atoms in total. The van der Waals surface area contributed by atoms with Gasteiger partial charge in [-0.25, -0.2) is 9.59 Å². The second-order valence-electron chi connectivity index (χ2n) is 7.47. The number of anilines is 2. The van der Waals surface area contributed by atoms with Crippen LogP contribution in [0.4, 0.5) is 11.4 Å². The fraction of sp³-hybridized carbons (Fsp3) is 0.0400. The molecule has 6 heteroatoms. The molecule has 150 valence electrons. The van der Waals surface area contributed by atoms with E-state index in [4.69, 9.17) is 8.83 Å². The number of rotatable bonds is 1. The molecule has 1 aliphatic rings. The monoisotopic (exact) mass is 409 g/mol. The van der Waals surface area contributed by atoms with Crippen molar-refractivity contribution in [2.45, 2.75) is 5.92 Å². The highest BCUT2D eigenvalue weighted by Crippen LogP contribution is 2.47. The molecule has 3 aromatic carbocycles. The normalized spacial score (nSPS) is 14.8. The van der Waals surface area contributed by atoms with Gasteiger partial charge in [0.15, 0.2) is 0 Å². The van der Waals surface area contributed by atoms with Gasteiger partial charge in [0.25, 0.3) is 0 Å². The number of para-hydroxylation sites is 3. The van der Waals surface area contributed by atoms with Crippen LogP contribution >= 0.6 is 0 Å². The molecule has 31 heavy (non-hydrogen) atoms. The van der Waals surface area contributed by atoms with Crippen LogP contribution in [0, 0.1) is 0 Å². The number of aromatic hydroxyl groups is 1. The fourth-order valence-electron chi connectivity index (χ4n) is 4.42. The van der Waals surface area contributed by atoms with Gasteiger partial charge in [-0.3, -0.25) is 0 Å². The largest absolute Gasteiger partial charge is 0.507 e. The standard InChI is InChI=1S/C25H15NO5/c27-23-15-9-3-6-12-18(15)31-25(29)21(23)19-13-7-1-4-10-16(13)26-22-14-8-2-5-11-17(14)30-24(28)20(19)22/h1-12,19,26-27H. The maximum absolute atomic E-state index is 13.1. The third kappa shape index (κ3) is 2.45. The number of nitrogens with one attached hydrogen (secondary N) is 1. The molecule has 0 fully saturated rings. The summed E-state index contributed by atoms with van der Waals surface area (Å²) in [5.74, 6) is -1.05. The summed E-state index contributed by atoms with van der Waals surface area (Å²) in [6.45, 7) is 0. The molecule has 5 aromatic rings. The highest BCUT2D eigenvalue weighted by Gasteiger charge is 2.36. The Morgan fingerprint density at radius 1 is 0.710 bits per heavy atom. The van der Waals surface area contributed by atoms with E-state index in [1.165, 1.54) is 0 Å². The predicted octanol–water partition coefficient (Wildman–Crippen LogP) is 4.84. The Balaban J connectivity index is 1.77. The molecule has 6 rings (SSSR count). The molecule has 0 aliphatic carbocycles. The van der Waals surface area contributed by atoms with Gasteiger partial charge >= 0.3 is 11.3 Å². The molecule has 0 saturated carbocycles. The van der Waals surface area contributed by atoms with Gasteiger partial charge in [-0.15, -0.1) is 0 Å². The fourth-order valence-corrected chi connectivity index (χ4v) is 4.42. The van der Waals surface area contributed by atoms with E-state index in [9.17, 15) is 14.7 Å². The third-order valence-corrected chi connectivity index (χ3v) is 5.78. The van der Waals surface area contributed by atoms with Crippen molar-refractivity contribution in [3.63, 3.8) is 0 Å². The molecule has 0 spiro atoms. The minimum Gasteiger partial charge on any atom is -0.507 e. The quantitative estimate of drug-likeness (QED) is 0.378. The molecule has 1 atom stereocenters. The zero-order valence-electron chi connectivity index (χ0n) is 16.1. The van der Waals surface area contributed by atoms with Crippen LogP contribution in [0.5, 0.6) is 5.75 Å². The Bertz CT molecular complexity index is 1600. The summed E-state index contributed by atoms with van der Waals surface area (Å²) >= 11 is 0. The van der Waals surface area contributed by atoms with E-state index in [0.717, 1.165) is 5.69 Å². The minimum absolute atomic E-state index is 0.0106. The first-order valence-electron chi connectivity index (χ1n) is 9.80. The Hall–Kier alpha value is -4.32. The molecule has 0 bridgehead atoms. The van der Waals surface area contributed by atoms with E-state index in [-0.39, 0.29) is 22.5 Å². The predicted molar refractivity (Wildman–Crippen MR) is 117 cm³/mol. The zero-order chi connectivity index (χ0) is 21.1. The van der Waals surface area contributed by atoms with Crippen LogP contribution in [0.1, 0.15) is 22.6 Å². The number of fused-ring (bicyclic) bond motifs is 5. The lowest BCUT2D eigenvalue weighted by molar-refractivity contribution is 0.453. The van der Waals surface area contributed by atoms with Crippen LogP contribution in [0.3, 0.4) is 0 Å². The second-order valence-corrected chi connectivity index (χ2v) is 7.47. The molecule has 3 heterocycles. The lowest BCUT2D eigenvalue weighted by Crippen LogP contribution is -2.26. The van der Waals surface area contributed by atoms with Crippen LogP contribution in [0.2, 0.25) is 0 Å². The number of benzene rings is 3. The Kier molecular flexibility index (Phi) is 3.58. The van der Waals surface area contributed by atoms with Crippen molar-refractivity contribution < 1.29 is 13.9 Å². The maximum atomic E-state index is 13.1. The van der Waals surface area contributed by atoms with Crippen molar-refractivity contribution in [1.82, 2.24) is 0 Å². The highest BCUT2D eigenvalue weighted by atomic mass is 16.4. The van der Waals surface area contributed by atoms with Crippen molar-refractivity contribution in [3.8, 4) is 5.75 Å². The van der Waals surface area contributed by atoms with Crippen LogP contribution in [0.25, 0.3) is 21.9 Å². The van der Waals surface area contributed by atoms with E-state index < -0.39 is 17.2 Å². The van der Waals surface area contributed by atoms with Gasteiger partial charge in [-0.2, -0.15) is 0 Å². The van der Waals surface area contributed by atoms with E-state index in [1.807, 2.05) is 36.4 Å². The molecule has 0 saturated heterocycles. The molecule has 1 unspecified atom stereocenters. The summed E-state index contributed by atoms with van der Waals surface area (Å²) in [5, 5.41) is 15.6. The molecule has 2 N–H and O–H groups in total. The first kappa shape index (κ1) is 17.5. The molecular weight excluding hydrogens is 394 g/mol. The molecule has 0 amide bonds. The smallest absolute Gasteiger partial charge is 0.344 e. The topological polar surface area (TPSA) is 92.7 Å². The molecule has 2 aromatic heterocycles. The molecule has 0 radical (unpaired) electrons. The van der Waals surface area contributed by atoms with E-state index in [1.54, 1.807) is 36.4 Å². The van der Waals surface area contributed by atoms with Gasteiger partial charge in [-0.1, -0.05) is 42.5 Å². The molecule has 1 aliphatic heterocycles. The van der Waals surface area contributed by atoms with E-state index >= 15 is 0 Å². The second kappa shape index (κ2) is 6.34. The van der Waals surface area contributed by atoms with Crippen molar-refractivity contribution in [3.05, 3.63) is 110 Å². The van der Waals surface area contributed by atoms with Gasteiger partial charge in [-0.05, 0) is 35.9 Å². The SMILES string of the molecule is O=c1oc2ccccc2c(O)c1C1c2ccccc2Nc2c1c(=O)oc1ccccc21. The average Bonchev–Trinajstić information content (AvgIpc) is 2.78. The first-order valence-corrected chi connectivity index (χ1v) is 9.80. The van der Waals surface area contributed by atoms with Crippen LogP contribution in [-0.4, -0.2) is 5.11 Å².